The van der Waals surface area contributed by atoms with Crippen molar-refractivity contribution in [3.05, 3.63) is 60.4 Å². The second kappa shape index (κ2) is 9.27. The number of hydrogen-bond donors (Lipinski definition) is 1. The SMILES string of the molecule is NC(=O)C1CN(C(=O)CSc2nnc(-c3ccccc3F)n2-c2ccccc2)CCO1. The first-order valence-corrected chi connectivity index (χ1v) is 10.6. The standard InChI is InChI=1S/C21H20FN5O3S/c22-16-9-5-4-8-15(16)20-24-25-21(27(20)14-6-2-1-3-7-14)31-13-18(28)26-10-11-30-17(12-26)19(23)29/h1-9,17H,10-13H2,(H2,23,29). The van der Waals surface area contributed by atoms with Crippen molar-refractivity contribution >= 4 is 23.6 Å². The van der Waals surface area contributed by atoms with Gasteiger partial charge >= 0.3 is 0 Å². The van der Waals surface area contributed by atoms with Crippen LogP contribution in [0.25, 0.3) is 17.1 Å². The number of nitrogens with zero attached hydrogens (tertiary/aromatic N) is 4. The molecule has 2 N–H and O–H groups in total. The number of rotatable bonds is 6. The Morgan fingerprint density at radius 3 is 2.61 bits per heavy atom. The van der Waals surface area contributed by atoms with Gasteiger partial charge in [-0.1, -0.05) is 42.1 Å². The summed E-state index contributed by atoms with van der Waals surface area (Å²) in [6.45, 7) is 0.761. The molecule has 0 spiro atoms. The number of primary amides is 1. The largest absolute Gasteiger partial charge is 0.367 e. The summed E-state index contributed by atoms with van der Waals surface area (Å²) in [7, 11) is 0. The lowest BCUT2D eigenvalue weighted by molar-refractivity contribution is -0.143. The van der Waals surface area contributed by atoms with Crippen molar-refractivity contribution in [2.24, 2.45) is 5.73 Å². The van der Waals surface area contributed by atoms with Gasteiger partial charge in [-0.2, -0.15) is 0 Å². The second-order valence-corrected chi connectivity index (χ2v) is 7.79. The van der Waals surface area contributed by atoms with Crippen LogP contribution in [0.4, 0.5) is 4.39 Å². The number of para-hydroxylation sites is 1. The molecule has 1 aromatic heterocycles. The number of amides is 2. The Hall–Kier alpha value is -3.24. The molecule has 160 valence electrons. The van der Waals surface area contributed by atoms with Gasteiger partial charge in [0, 0.05) is 12.2 Å². The molecule has 4 rings (SSSR count). The molecular weight excluding hydrogens is 421 g/mol. The van der Waals surface area contributed by atoms with Crippen LogP contribution >= 0.6 is 11.8 Å². The zero-order valence-corrected chi connectivity index (χ0v) is 17.3. The minimum absolute atomic E-state index is 0.0771. The summed E-state index contributed by atoms with van der Waals surface area (Å²) >= 11 is 1.19. The highest BCUT2D eigenvalue weighted by Crippen LogP contribution is 2.29. The van der Waals surface area contributed by atoms with Crippen LogP contribution in [0.15, 0.2) is 59.8 Å². The molecule has 2 amide bonds. The summed E-state index contributed by atoms with van der Waals surface area (Å²) in [6.07, 6.45) is -0.802. The lowest BCUT2D eigenvalue weighted by Crippen LogP contribution is -2.50. The van der Waals surface area contributed by atoms with Crippen LogP contribution in [0.5, 0.6) is 0 Å². The first-order valence-electron chi connectivity index (χ1n) is 9.62. The second-order valence-electron chi connectivity index (χ2n) is 6.85. The van der Waals surface area contributed by atoms with E-state index in [4.69, 9.17) is 10.5 Å². The molecule has 2 heterocycles. The van der Waals surface area contributed by atoms with E-state index in [1.165, 1.54) is 17.8 Å². The van der Waals surface area contributed by atoms with Crippen LogP contribution in [-0.2, 0) is 14.3 Å². The quantitative estimate of drug-likeness (QED) is 0.586. The van der Waals surface area contributed by atoms with Gasteiger partial charge < -0.3 is 15.4 Å². The van der Waals surface area contributed by atoms with E-state index < -0.39 is 17.8 Å². The lowest BCUT2D eigenvalue weighted by Gasteiger charge is -2.31. The third-order valence-corrected chi connectivity index (χ3v) is 5.74. The van der Waals surface area contributed by atoms with Crippen LogP contribution in [0.2, 0.25) is 0 Å². The van der Waals surface area contributed by atoms with Gasteiger partial charge in [0.05, 0.1) is 24.5 Å². The highest BCUT2D eigenvalue weighted by molar-refractivity contribution is 7.99. The number of nitrogens with two attached hydrogens (primary N) is 1. The maximum absolute atomic E-state index is 14.4. The van der Waals surface area contributed by atoms with Crippen LogP contribution in [0.1, 0.15) is 0 Å². The van der Waals surface area contributed by atoms with E-state index in [0.717, 1.165) is 5.69 Å². The number of aromatic nitrogens is 3. The summed E-state index contributed by atoms with van der Waals surface area (Å²) in [5.41, 5.74) is 6.35. The summed E-state index contributed by atoms with van der Waals surface area (Å²) in [5.74, 6) is -0.753. The molecule has 1 aliphatic rings. The van der Waals surface area contributed by atoms with Crippen molar-refractivity contribution in [3.63, 3.8) is 0 Å². The Morgan fingerprint density at radius 1 is 1.13 bits per heavy atom. The number of hydrogen-bond acceptors (Lipinski definition) is 6. The van der Waals surface area contributed by atoms with Crippen LogP contribution in [0, 0.1) is 5.82 Å². The molecule has 3 aromatic rings. The Bertz CT molecular complexity index is 1090. The van der Waals surface area contributed by atoms with Crippen molar-refractivity contribution in [2.45, 2.75) is 11.3 Å². The maximum Gasteiger partial charge on any atom is 0.248 e. The summed E-state index contributed by atoms with van der Waals surface area (Å²) in [4.78, 5) is 25.6. The van der Waals surface area contributed by atoms with E-state index in [0.29, 0.717) is 23.1 Å². The summed E-state index contributed by atoms with van der Waals surface area (Å²) < 4.78 is 21.5. The Labute approximate surface area is 182 Å². The average Bonchev–Trinajstić information content (AvgIpc) is 3.22. The molecule has 0 radical (unpaired) electrons. The molecule has 1 fully saturated rings. The normalized spacial score (nSPS) is 16.3. The number of carbonyl (C=O) groups is 2. The number of ether oxygens (including phenoxy) is 1. The highest BCUT2D eigenvalue weighted by Gasteiger charge is 2.28. The van der Waals surface area contributed by atoms with Crippen molar-refractivity contribution in [1.29, 1.82) is 0 Å². The first-order chi connectivity index (χ1) is 15.0. The molecule has 31 heavy (non-hydrogen) atoms. The average molecular weight is 441 g/mol. The zero-order valence-electron chi connectivity index (χ0n) is 16.5. The molecule has 0 saturated carbocycles. The van der Waals surface area contributed by atoms with Gasteiger partial charge in [-0.15, -0.1) is 10.2 Å². The molecule has 1 unspecified atom stereocenters. The van der Waals surface area contributed by atoms with Crippen molar-refractivity contribution < 1.29 is 18.7 Å². The monoisotopic (exact) mass is 441 g/mol. The Kier molecular flexibility index (Phi) is 6.28. The lowest BCUT2D eigenvalue weighted by atomic mass is 10.2. The van der Waals surface area contributed by atoms with E-state index in [2.05, 4.69) is 10.2 Å². The van der Waals surface area contributed by atoms with E-state index in [9.17, 15) is 14.0 Å². The fourth-order valence-electron chi connectivity index (χ4n) is 3.26. The van der Waals surface area contributed by atoms with Gasteiger partial charge in [0.2, 0.25) is 11.8 Å². The number of benzene rings is 2. The van der Waals surface area contributed by atoms with Crippen LogP contribution < -0.4 is 5.73 Å². The van der Waals surface area contributed by atoms with Crippen molar-refractivity contribution in [3.8, 4) is 17.1 Å². The van der Waals surface area contributed by atoms with E-state index >= 15 is 0 Å². The smallest absolute Gasteiger partial charge is 0.248 e. The van der Waals surface area contributed by atoms with Crippen molar-refractivity contribution in [2.75, 3.05) is 25.4 Å². The third kappa shape index (κ3) is 4.59. The number of halogens is 1. The van der Waals surface area contributed by atoms with Crippen molar-refractivity contribution in [1.82, 2.24) is 19.7 Å². The fourth-order valence-corrected chi connectivity index (χ4v) is 4.11. The molecule has 8 nitrogen and oxygen atoms in total. The molecule has 0 aliphatic carbocycles. The van der Waals surface area contributed by atoms with Crippen LogP contribution in [-0.4, -0.2) is 63.0 Å². The Morgan fingerprint density at radius 2 is 1.87 bits per heavy atom. The number of thioether (sulfide) groups is 1. The molecule has 1 atom stereocenters. The van der Waals surface area contributed by atoms with Crippen LogP contribution in [0.3, 0.4) is 0 Å². The van der Waals surface area contributed by atoms with Gasteiger partial charge in [-0.05, 0) is 24.3 Å². The molecule has 0 bridgehead atoms. The van der Waals surface area contributed by atoms with Gasteiger partial charge in [-0.25, -0.2) is 4.39 Å². The fraction of sp³-hybridized carbons (Fsp3) is 0.238. The molecule has 2 aromatic carbocycles. The van der Waals surface area contributed by atoms with Gasteiger partial charge in [0.15, 0.2) is 17.1 Å². The van der Waals surface area contributed by atoms with Gasteiger partial charge in [-0.3, -0.25) is 14.2 Å². The third-order valence-electron chi connectivity index (χ3n) is 4.82. The van der Waals surface area contributed by atoms with E-state index in [1.807, 2.05) is 30.3 Å². The minimum Gasteiger partial charge on any atom is -0.367 e. The molecule has 1 aliphatic heterocycles. The van der Waals surface area contributed by atoms with Gasteiger partial charge in [0.25, 0.3) is 0 Å². The van der Waals surface area contributed by atoms with E-state index in [-0.39, 0.29) is 24.8 Å². The summed E-state index contributed by atoms with van der Waals surface area (Å²) in [6, 6.07) is 15.7. The van der Waals surface area contributed by atoms with Gasteiger partial charge in [0.1, 0.15) is 5.82 Å². The molecule has 1 saturated heterocycles. The maximum atomic E-state index is 14.4. The summed E-state index contributed by atoms with van der Waals surface area (Å²) in [5, 5.41) is 8.86. The predicted molar refractivity (Wildman–Crippen MR) is 113 cm³/mol. The first kappa shape index (κ1) is 21.0. The zero-order chi connectivity index (χ0) is 21.8. The number of morpholine rings is 1. The topological polar surface area (TPSA) is 103 Å². The molecular formula is C21H20FN5O3S. The van der Waals surface area contributed by atoms with E-state index in [1.54, 1.807) is 27.7 Å². The Balaban J connectivity index is 1.58. The minimum atomic E-state index is -0.802. The molecule has 10 heteroatoms. The highest BCUT2D eigenvalue weighted by atomic mass is 32.2. The number of carbonyl (C=O) groups excluding carboxylic acids is 2. The predicted octanol–water partition coefficient (Wildman–Crippen LogP) is 1.88.